The van der Waals surface area contributed by atoms with Crippen LogP contribution in [0.2, 0.25) is 0 Å². The Morgan fingerprint density at radius 2 is 2.16 bits per heavy atom. The fourth-order valence-corrected chi connectivity index (χ4v) is 1.47. The second-order valence-corrected chi connectivity index (χ2v) is 3.80. The number of carbonyl (C=O) groups excluding carboxylic acids is 1. The van der Waals surface area contributed by atoms with Crippen LogP contribution in [0.3, 0.4) is 0 Å². The van der Waals surface area contributed by atoms with Crippen molar-refractivity contribution in [3.05, 3.63) is 23.3 Å². The average molecular weight is 265 g/mol. The van der Waals surface area contributed by atoms with Crippen LogP contribution in [0.25, 0.3) is 5.78 Å². The summed E-state index contributed by atoms with van der Waals surface area (Å²) in [6.45, 7) is 2.96. The van der Waals surface area contributed by atoms with Gasteiger partial charge in [0.15, 0.2) is 6.61 Å². The van der Waals surface area contributed by atoms with Crippen molar-refractivity contribution in [3.63, 3.8) is 0 Å². The largest absolute Gasteiger partial charge is 0.479 e. The number of hydroxylamine groups is 1. The molecule has 2 aromatic rings. The highest BCUT2D eigenvalue weighted by Gasteiger charge is 2.15. The fourth-order valence-electron chi connectivity index (χ4n) is 1.47. The van der Waals surface area contributed by atoms with Crippen LogP contribution in [0, 0.1) is 13.8 Å². The zero-order valence-electron chi connectivity index (χ0n) is 10.2. The maximum Gasteiger partial charge on any atom is 0.332 e. The van der Waals surface area contributed by atoms with Gasteiger partial charge in [0.1, 0.15) is 0 Å². The molecule has 1 amide bonds. The Balaban J connectivity index is 2.19. The van der Waals surface area contributed by atoms with Gasteiger partial charge in [-0.05, 0) is 19.9 Å². The van der Waals surface area contributed by atoms with E-state index in [9.17, 15) is 9.59 Å². The van der Waals surface area contributed by atoms with Crippen LogP contribution in [-0.2, 0) is 9.63 Å². The topological polar surface area (TPSA) is 119 Å². The molecule has 100 valence electrons. The predicted octanol–water partition coefficient (Wildman–Crippen LogP) is -0.513. The number of carboxylic acids is 1. The molecule has 0 unspecified atom stereocenters. The maximum atomic E-state index is 11.6. The van der Waals surface area contributed by atoms with Crippen LogP contribution in [0.4, 0.5) is 0 Å². The van der Waals surface area contributed by atoms with Crippen LogP contribution in [0.1, 0.15) is 22.0 Å². The van der Waals surface area contributed by atoms with E-state index in [2.05, 4.69) is 19.9 Å². The first-order valence-corrected chi connectivity index (χ1v) is 5.32. The van der Waals surface area contributed by atoms with E-state index in [-0.39, 0.29) is 5.82 Å². The van der Waals surface area contributed by atoms with Crippen LogP contribution < -0.4 is 5.48 Å². The Bertz CT molecular complexity index is 651. The third kappa shape index (κ3) is 2.83. The molecule has 19 heavy (non-hydrogen) atoms. The van der Waals surface area contributed by atoms with Gasteiger partial charge in [-0.1, -0.05) is 0 Å². The molecule has 0 aliphatic carbocycles. The van der Waals surface area contributed by atoms with Crippen molar-refractivity contribution in [1.82, 2.24) is 25.1 Å². The summed E-state index contributed by atoms with van der Waals surface area (Å²) < 4.78 is 1.42. The zero-order valence-corrected chi connectivity index (χ0v) is 10.2. The molecule has 2 heterocycles. The fraction of sp³-hybridized carbons (Fsp3) is 0.300. The van der Waals surface area contributed by atoms with E-state index in [1.165, 1.54) is 4.52 Å². The molecule has 0 aliphatic rings. The lowest BCUT2D eigenvalue weighted by atomic mass is 10.4. The number of aliphatic carboxylic acids is 1. The molecule has 0 fully saturated rings. The summed E-state index contributed by atoms with van der Waals surface area (Å²) in [5, 5.41) is 12.3. The summed E-state index contributed by atoms with van der Waals surface area (Å²) in [7, 11) is 0. The first kappa shape index (κ1) is 12.9. The molecule has 0 atom stereocenters. The van der Waals surface area contributed by atoms with Crippen molar-refractivity contribution < 1.29 is 19.5 Å². The summed E-state index contributed by atoms with van der Waals surface area (Å²) in [6.07, 6.45) is 0. The normalized spacial score (nSPS) is 10.6. The monoisotopic (exact) mass is 265 g/mol. The number of nitrogens with zero attached hydrogens (tertiary/aromatic N) is 4. The highest BCUT2D eigenvalue weighted by atomic mass is 16.7. The average Bonchev–Trinajstić information content (AvgIpc) is 2.72. The van der Waals surface area contributed by atoms with Gasteiger partial charge in [0.05, 0.1) is 0 Å². The van der Waals surface area contributed by atoms with E-state index in [0.29, 0.717) is 5.78 Å². The first-order valence-electron chi connectivity index (χ1n) is 5.32. The van der Waals surface area contributed by atoms with Crippen LogP contribution in [-0.4, -0.2) is 43.2 Å². The third-order valence-corrected chi connectivity index (χ3v) is 2.18. The lowest BCUT2D eigenvalue weighted by Gasteiger charge is -1.99. The lowest BCUT2D eigenvalue weighted by molar-refractivity contribution is -0.144. The second kappa shape index (κ2) is 4.98. The molecule has 2 aromatic heterocycles. The van der Waals surface area contributed by atoms with E-state index in [4.69, 9.17) is 5.11 Å². The smallest absolute Gasteiger partial charge is 0.332 e. The molecule has 0 aromatic carbocycles. The zero-order chi connectivity index (χ0) is 14.0. The summed E-state index contributed by atoms with van der Waals surface area (Å²) in [4.78, 5) is 34.3. The van der Waals surface area contributed by atoms with Gasteiger partial charge < -0.3 is 5.11 Å². The summed E-state index contributed by atoms with van der Waals surface area (Å²) >= 11 is 0. The number of rotatable bonds is 4. The highest BCUT2D eigenvalue weighted by Crippen LogP contribution is 2.05. The molecule has 0 radical (unpaired) electrons. The van der Waals surface area contributed by atoms with Crippen molar-refractivity contribution in [2.24, 2.45) is 0 Å². The molecular weight excluding hydrogens is 254 g/mol. The Morgan fingerprint density at radius 1 is 1.42 bits per heavy atom. The summed E-state index contributed by atoms with van der Waals surface area (Å²) in [6, 6.07) is 1.80. The van der Waals surface area contributed by atoms with Crippen molar-refractivity contribution in [2.75, 3.05) is 6.61 Å². The van der Waals surface area contributed by atoms with Gasteiger partial charge in [-0.2, -0.15) is 4.98 Å². The Kier molecular flexibility index (Phi) is 3.38. The van der Waals surface area contributed by atoms with E-state index < -0.39 is 18.5 Å². The predicted molar refractivity (Wildman–Crippen MR) is 61.3 cm³/mol. The minimum absolute atomic E-state index is 0.147. The Hall–Kier alpha value is -2.55. The molecule has 0 saturated heterocycles. The first-order chi connectivity index (χ1) is 8.97. The molecule has 0 saturated carbocycles. The molecular formula is C10H11N5O4. The molecule has 0 aliphatic heterocycles. The van der Waals surface area contributed by atoms with Crippen LogP contribution in [0.15, 0.2) is 6.07 Å². The Labute approximate surface area is 107 Å². The quantitative estimate of drug-likeness (QED) is 0.714. The number of carboxylic acid groups (broad SMARTS) is 1. The van der Waals surface area contributed by atoms with Crippen molar-refractivity contribution in [2.45, 2.75) is 13.8 Å². The number of carbonyl (C=O) groups is 2. The number of aryl methyl sites for hydroxylation is 2. The van der Waals surface area contributed by atoms with Gasteiger partial charge in [-0.15, -0.1) is 5.10 Å². The third-order valence-electron chi connectivity index (χ3n) is 2.18. The van der Waals surface area contributed by atoms with Gasteiger partial charge in [-0.3, -0.25) is 9.63 Å². The number of amides is 1. The molecule has 2 N–H and O–H groups in total. The van der Waals surface area contributed by atoms with E-state index in [1.807, 2.05) is 5.48 Å². The van der Waals surface area contributed by atoms with Gasteiger partial charge in [0.2, 0.25) is 5.82 Å². The number of fused-ring (bicyclic) bond motifs is 1. The van der Waals surface area contributed by atoms with Crippen LogP contribution >= 0.6 is 0 Å². The SMILES string of the molecule is Cc1cc(C)n2nc(C(=O)NOCC(=O)O)nc2n1. The Morgan fingerprint density at radius 3 is 2.84 bits per heavy atom. The maximum absolute atomic E-state index is 11.6. The minimum atomic E-state index is -1.20. The molecule has 0 bridgehead atoms. The number of nitrogens with one attached hydrogen (secondary N) is 1. The summed E-state index contributed by atoms with van der Waals surface area (Å²) in [5.74, 6) is -1.78. The molecule has 9 nitrogen and oxygen atoms in total. The standard InChI is InChI=1S/C10H11N5O4/c1-5-3-6(2)15-10(11-5)12-8(13-15)9(18)14-19-4-7(16)17/h3H,4H2,1-2H3,(H,14,18)(H,16,17). The molecule has 2 rings (SSSR count). The van der Waals surface area contributed by atoms with Gasteiger partial charge in [0.25, 0.3) is 5.78 Å². The van der Waals surface area contributed by atoms with Gasteiger partial charge in [-0.25, -0.2) is 19.8 Å². The van der Waals surface area contributed by atoms with E-state index in [0.717, 1.165) is 11.4 Å². The van der Waals surface area contributed by atoms with Crippen molar-refractivity contribution in [3.8, 4) is 0 Å². The van der Waals surface area contributed by atoms with E-state index in [1.54, 1.807) is 19.9 Å². The van der Waals surface area contributed by atoms with Gasteiger partial charge in [0, 0.05) is 11.4 Å². The second-order valence-electron chi connectivity index (χ2n) is 3.80. The number of aromatic nitrogens is 4. The van der Waals surface area contributed by atoms with E-state index >= 15 is 0 Å². The minimum Gasteiger partial charge on any atom is -0.479 e. The lowest BCUT2D eigenvalue weighted by Crippen LogP contribution is -2.27. The highest BCUT2D eigenvalue weighted by molar-refractivity contribution is 5.90. The number of hydrogen-bond donors (Lipinski definition) is 2. The van der Waals surface area contributed by atoms with Crippen LogP contribution in [0.5, 0.6) is 0 Å². The molecule has 9 heteroatoms. The summed E-state index contributed by atoms with van der Waals surface area (Å²) in [5.41, 5.74) is 3.47. The van der Waals surface area contributed by atoms with Crippen molar-refractivity contribution in [1.29, 1.82) is 0 Å². The number of hydrogen-bond acceptors (Lipinski definition) is 6. The molecule has 0 spiro atoms. The van der Waals surface area contributed by atoms with Crippen molar-refractivity contribution >= 4 is 17.7 Å². The van der Waals surface area contributed by atoms with Gasteiger partial charge >= 0.3 is 11.9 Å².